The van der Waals surface area contributed by atoms with Gasteiger partial charge in [-0.2, -0.15) is 0 Å². The van der Waals surface area contributed by atoms with Gasteiger partial charge in [0, 0.05) is 39.1 Å². The van der Waals surface area contributed by atoms with E-state index in [1.165, 1.54) is 4.90 Å². The molecule has 8 heteroatoms. The van der Waals surface area contributed by atoms with E-state index < -0.39 is 5.54 Å². The van der Waals surface area contributed by atoms with Crippen LogP contribution in [0.1, 0.15) is 26.7 Å². The molecule has 1 aromatic heterocycles. The highest BCUT2D eigenvalue weighted by Gasteiger charge is 2.57. The van der Waals surface area contributed by atoms with E-state index in [9.17, 15) is 9.59 Å². The zero-order chi connectivity index (χ0) is 18.7. The number of carbonyl (C=O) groups excluding carboxylic acids is 2. The van der Waals surface area contributed by atoms with E-state index in [2.05, 4.69) is 28.7 Å². The van der Waals surface area contributed by atoms with Crippen molar-refractivity contribution >= 4 is 17.8 Å². The van der Waals surface area contributed by atoms with Crippen molar-refractivity contribution in [1.82, 2.24) is 19.8 Å². The fourth-order valence-corrected chi connectivity index (χ4v) is 3.82. The van der Waals surface area contributed by atoms with E-state index in [0.29, 0.717) is 51.5 Å². The number of hydrogen-bond donors (Lipinski definition) is 0. The van der Waals surface area contributed by atoms with Gasteiger partial charge in [0.2, 0.25) is 0 Å². The molecule has 1 aromatic rings. The lowest BCUT2D eigenvalue weighted by atomic mass is 9.85. The Labute approximate surface area is 154 Å². The van der Waals surface area contributed by atoms with Gasteiger partial charge < -0.3 is 14.5 Å². The molecule has 0 unspecified atom stereocenters. The number of anilines is 1. The normalized spacial score (nSPS) is 19.9. The van der Waals surface area contributed by atoms with Crippen LogP contribution >= 0.6 is 0 Å². The summed E-state index contributed by atoms with van der Waals surface area (Å²) in [5.74, 6) is 1.02. The van der Waals surface area contributed by atoms with Gasteiger partial charge in [0.25, 0.3) is 5.91 Å². The summed E-state index contributed by atoms with van der Waals surface area (Å²) < 4.78 is 5.08. The Morgan fingerprint density at radius 2 is 1.96 bits per heavy atom. The van der Waals surface area contributed by atoms with Gasteiger partial charge in [-0.3, -0.25) is 14.7 Å². The van der Waals surface area contributed by atoms with Crippen molar-refractivity contribution in [1.29, 1.82) is 0 Å². The Kier molecular flexibility index (Phi) is 5.41. The highest BCUT2D eigenvalue weighted by Crippen LogP contribution is 2.38. The summed E-state index contributed by atoms with van der Waals surface area (Å²) in [7, 11) is 1.58. The van der Waals surface area contributed by atoms with Crippen LogP contribution in [0.2, 0.25) is 0 Å². The molecular formula is C18H27N5O3. The Balaban J connectivity index is 1.81. The molecule has 2 fully saturated rings. The Morgan fingerprint density at radius 1 is 1.23 bits per heavy atom. The minimum Gasteiger partial charge on any atom is -0.383 e. The van der Waals surface area contributed by atoms with Crippen LogP contribution in [0.25, 0.3) is 0 Å². The summed E-state index contributed by atoms with van der Waals surface area (Å²) in [4.78, 5) is 39.9. The first-order valence-corrected chi connectivity index (χ1v) is 9.13. The number of ether oxygens (including phenoxy) is 1. The SMILES string of the molecule is COCCN1C(=O)N(CC(C)C)C2(CCN(c3cnccn3)CC2)C1=O. The first kappa shape index (κ1) is 18.6. The lowest BCUT2D eigenvalue weighted by Crippen LogP contribution is -2.57. The fraction of sp³-hybridized carbons (Fsp3) is 0.667. The molecule has 2 saturated heterocycles. The number of rotatable bonds is 6. The lowest BCUT2D eigenvalue weighted by Gasteiger charge is -2.43. The van der Waals surface area contributed by atoms with Crippen LogP contribution < -0.4 is 4.90 Å². The Hall–Kier alpha value is -2.22. The summed E-state index contributed by atoms with van der Waals surface area (Å²) in [6, 6.07) is -0.186. The van der Waals surface area contributed by atoms with E-state index in [0.717, 1.165) is 5.82 Å². The topological polar surface area (TPSA) is 78.9 Å². The number of nitrogens with zero attached hydrogens (tertiary/aromatic N) is 5. The fourth-order valence-electron chi connectivity index (χ4n) is 3.82. The molecule has 142 valence electrons. The maximum atomic E-state index is 13.2. The summed E-state index contributed by atoms with van der Waals surface area (Å²) in [6.45, 7) is 6.72. The molecule has 3 heterocycles. The Morgan fingerprint density at radius 3 is 2.54 bits per heavy atom. The maximum absolute atomic E-state index is 13.2. The van der Waals surface area contributed by atoms with Crippen molar-refractivity contribution in [3.8, 4) is 0 Å². The largest absolute Gasteiger partial charge is 0.383 e. The zero-order valence-corrected chi connectivity index (χ0v) is 15.7. The molecule has 0 atom stereocenters. The van der Waals surface area contributed by atoms with Gasteiger partial charge in [-0.15, -0.1) is 0 Å². The number of imide groups is 1. The molecule has 0 bridgehead atoms. The molecular weight excluding hydrogens is 334 g/mol. The van der Waals surface area contributed by atoms with Gasteiger partial charge in [0.05, 0.1) is 19.3 Å². The van der Waals surface area contributed by atoms with Crippen molar-refractivity contribution in [3.05, 3.63) is 18.6 Å². The number of aromatic nitrogens is 2. The van der Waals surface area contributed by atoms with Crippen LogP contribution in [0.4, 0.5) is 10.6 Å². The van der Waals surface area contributed by atoms with E-state index >= 15 is 0 Å². The van der Waals surface area contributed by atoms with Gasteiger partial charge >= 0.3 is 6.03 Å². The molecule has 0 aromatic carbocycles. The van der Waals surface area contributed by atoms with Crippen molar-refractivity contribution in [2.75, 3.05) is 44.8 Å². The summed E-state index contributed by atoms with van der Waals surface area (Å²) in [5.41, 5.74) is -0.742. The second-order valence-corrected chi connectivity index (χ2v) is 7.32. The van der Waals surface area contributed by atoms with E-state index in [1.54, 1.807) is 30.6 Å². The van der Waals surface area contributed by atoms with Crippen molar-refractivity contribution < 1.29 is 14.3 Å². The molecule has 0 aliphatic carbocycles. The van der Waals surface area contributed by atoms with Crippen LogP contribution in [0, 0.1) is 5.92 Å². The van der Waals surface area contributed by atoms with Gasteiger partial charge in [-0.05, 0) is 18.8 Å². The average molecular weight is 361 g/mol. The first-order chi connectivity index (χ1) is 12.5. The molecule has 8 nitrogen and oxygen atoms in total. The van der Waals surface area contributed by atoms with Crippen LogP contribution in [-0.4, -0.2) is 77.1 Å². The summed E-state index contributed by atoms with van der Waals surface area (Å²) in [5, 5.41) is 0. The van der Waals surface area contributed by atoms with Crippen LogP contribution in [0.15, 0.2) is 18.6 Å². The molecule has 1 spiro atoms. The molecule has 2 aliphatic heterocycles. The number of carbonyl (C=O) groups is 2. The molecule has 26 heavy (non-hydrogen) atoms. The lowest BCUT2D eigenvalue weighted by molar-refractivity contribution is -0.134. The van der Waals surface area contributed by atoms with Crippen LogP contribution in [-0.2, 0) is 9.53 Å². The van der Waals surface area contributed by atoms with Gasteiger partial charge in [0.15, 0.2) is 0 Å². The monoisotopic (exact) mass is 361 g/mol. The number of amides is 3. The van der Waals surface area contributed by atoms with Crippen molar-refractivity contribution in [2.24, 2.45) is 5.92 Å². The van der Waals surface area contributed by atoms with Crippen LogP contribution in [0.5, 0.6) is 0 Å². The number of piperidine rings is 1. The first-order valence-electron chi connectivity index (χ1n) is 9.13. The Bertz CT molecular complexity index is 643. The van der Waals surface area contributed by atoms with E-state index in [-0.39, 0.29) is 11.9 Å². The van der Waals surface area contributed by atoms with Gasteiger partial charge in [0.1, 0.15) is 11.4 Å². The molecule has 3 amide bonds. The highest BCUT2D eigenvalue weighted by atomic mass is 16.5. The zero-order valence-electron chi connectivity index (χ0n) is 15.7. The van der Waals surface area contributed by atoms with E-state index in [4.69, 9.17) is 4.74 Å². The maximum Gasteiger partial charge on any atom is 0.327 e. The minimum absolute atomic E-state index is 0.0843. The van der Waals surface area contributed by atoms with Crippen LogP contribution in [0.3, 0.4) is 0 Å². The summed E-state index contributed by atoms with van der Waals surface area (Å²) >= 11 is 0. The number of urea groups is 1. The van der Waals surface area contributed by atoms with Gasteiger partial charge in [-0.1, -0.05) is 13.8 Å². The second-order valence-electron chi connectivity index (χ2n) is 7.32. The molecule has 0 saturated carbocycles. The van der Waals surface area contributed by atoms with E-state index in [1.807, 2.05) is 0 Å². The number of methoxy groups -OCH3 is 1. The third kappa shape index (κ3) is 3.25. The van der Waals surface area contributed by atoms with Crippen molar-refractivity contribution in [3.63, 3.8) is 0 Å². The highest BCUT2D eigenvalue weighted by molar-refractivity contribution is 6.07. The predicted octanol–water partition coefficient (Wildman–Crippen LogP) is 1.38. The minimum atomic E-state index is -0.742. The van der Waals surface area contributed by atoms with Gasteiger partial charge in [-0.25, -0.2) is 9.78 Å². The molecule has 3 rings (SSSR count). The summed E-state index contributed by atoms with van der Waals surface area (Å²) in [6.07, 6.45) is 6.25. The van der Waals surface area contributed by atoms with Crippen molar-refractivity contribution in [2.45, 2.75) is 32.2 Å². The number of hydrogen-bond acceptors (Lipinski definition) is 6. The predicted molar refractivity (Wildman–Crippen MR) is 96.7 cm³/mol. The second kappa shape index (κ2) is 7.57. The average Bonchev–Trinajstić information content (AvgIpc) is 2.83. The molecule has 2 aliphatic rings. The smallest absolute Gasteiger partial charge is 0.327 e. The third-order valence-electron chi connectivity index (χ3n) is 5.15. The third-order valence-corrected chi connectivity index (χ3v) is 5.15. The molecule has 0 radical (unpaired) electrons. The standard InChI is InChI=1S/C18H27N5O3/c1-14(2)13-23-17(25)22(10-11-26-3)16(24)18(23)4-8-21(9-5-18)15-12-19-6-7-20-15/h6-7,12,14H,4-5,8-11,13H2,1-3H3. The quantitative estimate of drug-likeness (QED) is 0.713. The molecule has 0 N–H and O–H groups in total.